The van der Waals surface area contributed by atoms with Crippen molar-refractivity contribution in [1.82, 2.24) is 0 Å². The van der Waals surface area contributed by atoms with E-state index in [1.165, 1.54) is 5.57 Å². The minimum Gasteiger partial charge on any atom is -0.432 e. The molecule has 19 unspecified atom stereocenters. The number of allylic oxidation sites excluding steroid dienone is 2. The van der Waals surface area contributed by atoms with Crippen molar-refractivity contribution < 1.29 is 84.7 Å². The van der Waals surface area contributed by atoms with Gasteiger partial charge in [0.1, 0.15) is 48.8 Å². The van der Waals surface area contributed by atoms with Crippen molar-refractivity contribution in [3.8, 4) is 0 Å². The molecule has 2 saturated heterocycles. The molecule has 28 atom stereocenters. The molecule has 6 aliphatic carbocycles. The second kappa shape index (κ2) is 19.0. The van der Waals surface area contributed by atoms with Crippen LogP contribution in [0.1, 0.15) is 99.8 Å². The predicted molar refractivity (Wildman–Crippen MR) is 233 cm³/mol. The van der Waals surface area contributed by atoms with Gasteiger partial charge in [0.2, 0.25) is 6.29 Å². The van der Waals surface area contributed by atoms with Gasteiger partial charge in [0.05, 0.1) is 56.3 Å². The Hall–Kier alpha value is -1.39. The number of hydrogen-bond acceptors (Lipinski definition) is 17. The third-order valence-electron chi connectivity index (χ3n) is 19.6. The van der Waals surface area contributed by atoms with Gasteiger partial charge in [-0.25, -0.2) is 0 Å². The van der Waals surface area contributed by atoms with Crippen LogP contribution in [-0.2, 0) is 28.5 Å². The van der Waals surface area contributed by atoms with E-state index >= 15 is 0 Å². The molecular formula is C49H80O17. The summed E-state index contributed by atoms with van der Waals surface area (Å²) in [5, 5.41) is 119. The number of esters is 1. The second-order valence-corrected chi connectivity index (χ2v) is 23.1. The van der Waals surface area contributed by atoms with E-state index in [9.17, 15) is 61.0 Å². The maximum absolute atomic E-state index is 14.4. The molecule has 378 valence electrons. The molecule has 0 aromatic carbocycles. The molecule has 8 rings (SSSR count). The van der Waals surface area contributed by atoms with Crippen LogP contribution in [0.5, 0.6) is 0 Å². The maximum atomic E-state index is 14.4. The van der Waals surface area contributed by atoms with Crippen LogP contribution in [0.25, 0.3) is 0 Å². The number of ether oxygens (including phenoxy) is 5. The number of aliphatic hydroxyl groups is 11. The molecule has 7 fully saturated rings. The molecule has 8 aliphatic rings. The van der Waals surface area contributed by atoms with Gasteiger partial charge >= 0.3 is 5.97 Å². The highest BCUT2D eigenvalue weighted by Gasteiger charge is 2.66. The number of hydrogen-bond donors (Lipinski definition) is 11. The summed E-state index contributed by atoms with van der Waals surface area (Å²) >= 11 is 0. The van der Waals surface area contributed by atoms with E-state index in [4.69, 9.17) is 23.7 Å². The SMILES string of the molecule is CC1CC(C(=O)OC2OC(COC3OC(CO)[C@@H](O[C@H]4CC(C)C(O)[C@H](O)[C@@H]4O)[C@@H](C)[C@@H]3O)[C@@H](O)[C@@H](O)[C@@H]2O)C2CCC3(C)C(=CCC4C3CCC3C(C)(CO)C(O)C(O)CC43C)C2C1C. The van der Waals surface area contributed by atoms with Crippen LogP contribution in [0.2, 0.25) is 0 Å². The van der Waals surface area contributed by atoms with E-state index in [-0.39, 0.29) is 59.4 Å². The fourth-order valence-corrected chi connectivity index (χ4v) is 15.4. The zero-order valence-electron chi connectivity index (χ0n) is 39.7. The molecule has 0 aromatic rings. The van der Waals surface area contributed by atoms with Crippen LogP contribution < -0.4 is 0 Å². The first kappa shape index (κ1) is 51.0. The number of carbonyl (C=O) groups is 1. The van der Waals surface area contributed by atoms with Gasteiger partial charge in [-0.3, -0.25) is 4.79 Å². The maximum Gasteiger partial charge on any atom is 0.311 e. The number of aliphatic hydroxyl groups excluding tert-OH is 11. The van der Waals surface area contributed by atoms with Crippen molar-refractivity contribution in [2.75, 3.05) is 19.8 Å². The standard InChI is InChI=1S/C49H80O17/c1-20-14-25(24-12-13-47(5)26-10-11-33-48(6,16-29(52)43(60)49(33,7)19-51)27(26)8-9-28(47)34(24)22(20)3)44(61)66-46-41(59)40(58)38(56)32(65-46)18-62-45-36(54)23(4)42(31(17-50)64-45)63-30-15-21(2)35(53)39(57)37(30)55/h9,20-27,29-43,45-46,50-60H,8,10-19H2,1-7H3/t20?,21?,22?,23-,24?,25?,26?,27?,29?,30-,31?,32?,33?,34?,35?,36-,37+,38+,39-,40+,41-,42-,43?,45?,46?,47?,48?,49?/m0/s1. The van der Waals surface area contributed by atoms with E-state index < -0.39 is 134 Å². The van der Waals surface area contributed by atoms with Gasteiger partial charge in [-0.1, -0.05) is 60.1 Å². The van der Waals surface area contributed by atoms with E-state index in [1.807, 2.05) is 6.92 Å². The highest BCUT2D eigenvalue weighted by Crippen LogP contribution is 2.70. The lowest BCUT2D eigenvalue weighted by Crippen LogP contribution is -2.65. The minimum absolute atomic E-state index is 0.0492. The fourth-order valence-electron chi connectivity index (χ4n) is 15.4. The molecule has 0 aromatic heterocycles. The summed E-state index contributed by atoms with van der Waals surface area (Å²) in [5.41, 5.74) is 0.159. The molecule has 0 bridgehead atoms. The lowest BCUT2D eigenvalue weighted by molar-refractivity contribution is -0.330. The molecule has 2 heterocycles. The van der Waals surface area contributed by atoms with Crippen molar-refractivity contribution in [2.45, 2.75) is 192 Å². The van der Waals surface area contributed by atoms with Gasteiger partial charge in [0, 0.05) is 11.3 Å². The van der Waals surface area contributed by atoms with Crippen molar-refractivity contribution in [1.29, 1.82) is 0 Å². The fraction of sp³-hybridized carbons (Fsp3) is 0.939. The molecular weight excluding hydrogens is 861 g/mol. The zero-order chi connectivity index (χ0) is 48.1. The van der Waals surface area contributed by atoms with E-state index in [1.54, 1.807) is 13.8 Å². The van der Waals surface area contributed by atoms with Gasteiger partial charge in [0.15, 0.2) is 6.29 Å². The number of rotatable bonds is 9. The Morgan fingerprint density at radius 1 is 0.742 bits per heavy atom. The van der Waals surface area contributed by atoms with Crippen molar-refractivity contribution >= 4 is 5.97 Å². The van der Waals surface area contributed by atoms with Crippen molar-refractivity contribution in [3.63, 3.8) is 0 Å². The zero-order valence-corrected chi connectivity index (χ0v) is 39.7. The third kappa shape index (κ3) is 8.26. The molecule has 5 saturated carbocycles. The summed E-state index contributed by atoms with van der Waals surface area (Å²) in [7, 11) is 0. The van der Waals surface area contributed by atoms with Gasteiger partial charge in [-0.2, -0.15) is 0 Å². The van der Waals surface area contributed by atoms with Crippen LogP contribution >= 0.6 is 0 Å². The highest BCUT2D eigenvalue weighted by atomic mass is 16.7. The summed E-state index contributed by atoms with van der Waals surface area (Å²) in [6.45, 7) is 13.1. The lowest BCUT2D eigenvalue weighted by atomic mass is 9.38. The smallest absolute Gasteiger partial charge is 0.311 e. The first-order valence-electron chi connectivity index (χ1n) is 24.9. The summed E-state index contributed by atoms with van der Waals surface area (Å²) < 4.78 is 29.9. The molecule has 17 nitrogen and oxygen atoms in total. The van der Waals surface area contributed by atoms with Gasteiger partial charge in [-0.15, -0.1) is 0 Å². The van der Waals surface area contributed by atoms with Crippen LogP contribution in [0.4, 0.5) is 0 Å². The summed E-state index contributed by atoms with van der Waals surface area (Å²) in [4.78, 5) is 14.4. The second-order valence-electron chi connectivity index (χ2n) is 23.1. The average Bonchev–Trinajstić information content (AvgIpc) is 3.29. The van der Waals surface area contributed by atoms with E-state index in [0.717, 1.165) is 32.1 Å². The Morgan fingerprint density at radius 3 is 2.11 bits per heavy atom. The van der Waals surface area contributed by atoms with Crippen LogP contribution in [0.3, 0.4) is 0 Å². The van der Waals surface area contributed by atoms with Gasteiger partial charge < -0.3 is 79.9 Å². The predicted octanol–water partition coefficient (Wildman–Crippen LogP) is 0.372. The first-order valence-corrected chi connectivity index (χ1v) is 24.9. The van der Waals surface area contributed by atoms with Gasteiger partial charge in [0.25, 0.3) is 0 Å². The average molecular weight is 941 g/mol. The summed E-state index contributed by atoms with van der Waals surface area (Å²) in [5.74, 6) is -1.11. The molecule has 0 radical (unpaired) electrons. The molecule has 66 heavy (non-hydrogen) atoms. The van der Waals surface area contributed by atoms with Crippen LogP contribution in [0, 0.1) is 75.4 Å². The summed E-state index contributed by atoms with van der Waals surface area (Å²) in [6, 6.07) is 0. The highest BCUT2D eigenvalue weighted by molar-refractivity contribution is 5.73. The van der Waals surface area contributed by atoms with Crippen LogP contribution in [0.15, 0.2) is 11.6 Å². The van der Waals surface area contributed by atoms with Crippen molar-refractivity contribution in [3.05, 3.63) is 11.6 Å². The topological polar surface area (TPSA) is 286 Å². The lowest BCUT2D eigenvalue weighted by Gasteiger charge is -2.67. The molecule has 11 N–H and O–H groups in total. The Labute approximate surface area is 388 Å². The first-order chi connectivity index (χ1) is 31.0. The molecule has 0 spiro atoms. The quantitative estimate of drug-likeness (QED) is 0.110. The minimum atomic E-state index is -1.78. The normalized spacial score (nSPS) is 56.2. The Bertz CT molecular complexity index is 1750. The monoisotopic (exact) mass is 941 g/mol. The summed E-state index contributed by atoms with van der Waals surface area (Å²) in [6.07, 6.45) is -11.9. The largest absolute Gasteiger partial charge is 0.432 e. The Morgan fingerprint density at radius 2 is 1.42 bits per heavy atom. The Balaban J connectivity index is 0.933. The third-order valence-corrected chi connectivity index (χ3v) is 19.6. The number of fused-ring (bicyclic) bond motifs is 7. The number of carbonyl (C=O) groups excluding carboxylic acids is 1. The van der Waals surface area contributed by atoms with Crippen molar-refractivity contribution in [2.24, 2.45) is 75.4 Å². The Kier molecular flexibility index (Phi) is 14.7. The van der Waals surface area contributed by atoms with Crippen LogP contribution in [-0.4, -0.2) is 174 Å². The van der Waals surface area contributed by atoms with Gasteiger partial charge in [-0.05, 0) is 110 Å². The van der Waals surface area contributed by atoms with E-state index in [0.29, 0.717) is 18.8 Å². The molecule has 0 amide bonds. The van der Waals surface area contributed by atoms with E-state index in [2.05, 4.69) is 33.8 Å². The molecule has 2 aliphatic heterocycles. The molecule has 17 heteroatoms.